The number of thioether (sulfide) groups is 1. The van der Waals surface area contributed by atoms with E-state index in [-0.39, 0.29) is 22.8 Å². The van der Waals surface area contributed by atoms with Crippen LogP contribution in [0.5, 0.6) is 11.5 Å². The summed E-state index contributed by atoms with van der Waals surface area (Å²) in [5, 5.41) is -0.477. The van der Waals surface area contributed by atoms with Crippen molar-refractivity contribution >= 4 is 35.0 Å². The first-order valence-electron chi connectivity index (χ1n) is 10.3. The number of hydrogen-bond acceptors (Lipinski definition) is 6. The number of halogens is 1. The highest BCUT2D eigenvalue weighted by atomic mass is 32.2. The highest BCUT2D eigenvalue weighted by Gasteiger charge is 2.35. The number of amides is 2. The van der Waals surface area contributed by atoms with Crippen molar-refractivity contribution in [2.24, 2.45) is 0 Å². The van der Waals surface area contributed by atoms with Gasteiger partial charge >= 0.3 is 5.97 Å². The van der Waals surface area contributed by atoms with E-state index in [0.29, 0.717) is 16.9 Å². The zero-order valence-corrected chi connectivity index (χ0v) is 19.2. The smallest absolute Gasteiger partial charge is 0.343 e. The second-order valence-corrected chi connectivity index (χ2v) is 8.52. The molecule has 0 saturated carbocycles. The van der Waals surface area contributed by atoms with Crippen LogP contribution in [0.1, 0.15) is 27.0 Å². The number of esters is 1. The molecule has 1 aliphatic heterocycles. The van der Waals surface area contributed by atoms with E-state index in [0.717, 1.165) is 22.2 Å². The fourth-order valence-corrected chi connectivity index (χ4v) is 4.21. The summed E-state index contributed by atoms with van der Waals surface area (Å²) in [4.78, 5) is 38.8. The number of imide groups is 1. The molecular weight excluding hydrogens is 457 g/mol. The van der Waals surface area contributed by atoms with Crippen molar-refractivity contribution in [3.63, 3.8) is 0 Å². The normalized spacial score (nSPS) is 14.6. The van der Waals surface area contributed by atoms with Crippen LogP contribution in [0.25, 0.3) is 6.08 Å². The van der Waals surface area contributed by atoms with E-state index in [4.69, 9.17) is 9.47 Å². The van der Waals surface area contributed by atoms with Gasteiger partial charge in [0.05, 0.1) is 24.1 Å². The third kappa shape index (κ3) is 5.02. The van der Waals surface area contributed by atoms with Gasteiger partial charge in [0.2, 0.25) is 0 Å². The molecule has 6 nitrogen and oxygen atoms in total. The predicted molar refractivity (Wildman–Crippen MR) is 127 cm³/mol. The SMILES string of the molecule is COc1cc(/C=C2\SC(=O)N(Cc3ccccc3F)C2=O)ccc1OC(=O)c1cccc(C)c1. The van der Waals surface area contributed by atoms with E-state index in [1.54, 1.807) is 54.6 Å². The number of methoxy groups -OCH3 is 1. The van der Waals surface area contributed by atoms with Crippen molar-refractivity contribution in [2.75, 3.05) is 7.11 Å². The van der Waals surface area contributed by atoms with E-state index < -0.39 is 22.9 Å². The Morgan fingerprint density at radius 3 is 2.56 bits per heavy atom. The summed E-state index contributed by atoms with van der Waals surface area (Å²) in [5.74, 6) is -0.999. The molecule has 172 valence electrons. The molecule has 2 amide bonds. The zero-order chi connectivity index (χ0) is 24.2. The molecule has 3 aromatic rings. The molecule has 0 unspecified atom stereocenters. The molecular formula is C26H20FNO5S. The third-order valence-electron chi connectivity index (χ3n) is 5.10. The van der Waals surface area contributed by atoms with Crippen LogP contribution in [-0.2, 0) is 11.3 Å². The molecule has 0 aromatic heterocycles. The van der Waals surface area contributed by atoms with E-state index in [1.165, 1.54) is 19.2 Å². The lowest BCUT2D eigenvalue weighted by Gasteiger charge is -2.13. The maximum atomic E-state index is 14.0. The van der Waals surface area contributed by atoms with Gasteiger partial charge < -0.3 is 9.47 Å². The molecule has 0 aliphatic carbocycles. The van der Waals surface area contributed by atoms with E-state index in [9.17, 15) is 18.8 Å². The summed E-state index contributed by atoms with van der Waals surface area (Å²) in [6.45, 7) is 1.73. The topological polar surface area (TPSA) is 72.9 Å². The number of carbonyl (C=O) groups excluding carboxylic acids is 3. The molecule has 0 N–H and O–H groups in total. The van der Waals surface area contributed by atoms with Crippen molar-refractivity contribution in [1.29, 1.82) is 0 Å². The van der Waals surface area contributed by atoms with Crippen LogP contribution in [0.3, 0.4) is 0 Å². The number of carbonyl (C=O) groups is 3. The monoisotopic (exact) mass is 477 g/mol. The number of ether oxygens (including phenoxy) is 2. The molecule has 34 heavy (non-hydrogen) atoms. The van der Waals surface area contributed by atoms with E-state index in [1.807, 2.05) is 13.0 Å². The van der Waals surface area contributed by atoms with Crippen LogP contribution in [0, 0.1) is 12.7 Å². The van der Waals surface area contributed by atoms with Crippen molar-refractivity contribution in [1.82, 2.24) is 4.90 Å². The van der Waals surface area contributed by atoms with Gasteiger partial charge in [-0.1, -0.05) is 42.0 Å². The number of hydrogen-bond donors (Lipinski definition) is 0. The Labute approximate surface area is 200 Å². The van der Waals surface area contributed by atoms with Gasteiger partial charge in [0.25, 0.3) is 11.1 Å². The van der Waals surface area contributed by atoms with Crippen LogP contribution in [-0.4, -0.2) is 29.1 Å². The van der Waals surface area contributed by atoms with Crippen molar-refractivity contribution in [2.45, 2.75) is 13.5 Å². The minimum atomic E-state index is -0.524. The Morgan fingerprint density at radius 1 is 1.03 bits per heavy atom. The Hall–Kier alpha value is -3.91. The molecule has 4 rings (SSSR count). The van der Waals surface area contributed by atoms with Gasteiger partial charge in [0, 0.05) is 5.56 Å². The molecule has 0 spiro atoms. The largest absolute Gasteiger partial charge is 0.493 e. The lowest BCUT2D eigenvalue weighted by Crippen LogP contribution is -2.27. The first-order valence-corrected chi connectivity index (χ1v) is 11.1. The molecule has 0 radical (unpaired) electrons. The number of aryl methyl sites for hydroxylation is 1. The standard InChI is InChI=1S/C26H20FNO5S/c1-16-6-5-8-18(12-16)25(30)33-21-11-10-17(13-22(21)32-2)14-23-24(29)28(26(31)34-23)15-19-7-3-4-9-20(19)27/h3-14H,15H2,1-2H3/b23-14-. The summed E-state index contributed by atoms with van der Waals surface area (Å²) in [6, 6.07) is 17.8. The summed E-state index contributed by atoms with van der Waals surface area (Å²) in [6.07, 6.45) is 1.54. The summed E-state index contributed by atoms with van der Waals surface area (Å²) < 4.78 is 24.8. The predicted octanol–water partition coefficient (Wildman–Crippen LogP) is 5.60. The van der Waals surface area contributed by atoms with Gasteiger partial charge in [-0.15, -0.1) is 0 Å². The number of nitrogens with zero attached hydrogens (tertiary/aromatic N) is 1. The molecule has 1 saturated heterocycles. The zero-order valence-electron chi connectivity index (χ0n) is 18.4. The van der Waals surface area contributed by atoms with Crippen LogP contribution in [0.2, 0.25) is 0 Å². The maximum Gasteiger partial charge on any atom is 0.343 e. The van der Waals surface area contributed by atoms with Crippen LogP contribution in [0.4, 0.5) is 9.18 Å². The van der Waals surface area contributed by atoms with Gasteiger partial charge in [-0.05, 0) is 60.7 Å². The molecule has 0 atom stereocenters. The average Bonchev–Trinajstić information content (AvgIpc) is 3.08. The maximum absolute atomic E-state index is 14.0. The molecule has 3 aromatic carbocycles. The summed E-state index contributed by atoms with van der Waals surface area (Å²) >= 11 is 0.779. The van der Waals surface area contributed by atoms with Gasteiger partial charge in [-0.25, -0.2) is 9.18 Å². The quantitative estimate of drug-likeness (QED) is 0.262. The minimum absolute atomic E-state index is 0.147. The Balaban J connectivity index is 1.53. The number of rotatable bonds is 6. The van der Waals surface area contributed by atoms with E-state index >= 15 is 0 Å². The number of benzene rings is 3. The highest BCUT2D eigenvalue weighted by molar-refractivity contribution is 8.18. The lowest BCUT2D eigenvalue weighted by molar-refractivity contribution is -0.123. The van der Waals surface area contributed by atoms with Gasteiger partial charge in [0.1, 0.15) is 5.82 Å². The van der Waals surface area contributed by atoms with Crippen molar-refractivity contribution < 1.29 is 28.2 Å². The summed E-state index contributed by atoms with van der Waals surface area (Å²) in [5.41, 5.74) is 2.17. The lowest BCUT2D eigenvalue weighted by atomic mass is 10.1. The third-order valence-corrected chi connectivity index (χ3v) is 6.01. The second-order valence-electron chi connectivity index (χ2n) is 7.53. The molecule has 1 fully saturated rings. The molecule has 0 bridgehead atoms. The fourth-order valence-electron chi connectivity index (χ4n) is 3.37. The van der Waals surface area contributed by atoms with Gasteiger partial charge in [-0.3, -0.25) is 14.5 Å². The molecule has 1 heterocycles. The van der Waals surface area contributed by atoms with Gasteiger partial charge in [-0.2, -0.15) is 0 Å². The van der Waals surface area contributed by atoms with E-state index in [2.05, 4.69) is 0 Å². The van der Waals surface area contributed by atoms with Crippen molar-refractivity contribution in [3.8, 4) is 11.5 Å². The fraction of sp³-hybridized carbons (Fsp3) is 0.115. The average molecular weight is 478 g/mol. The van der Waals surface area contributed by atoms with Gasteiger partial charge in [0.15, 0.2) is 11.5 Å². The molecule has 1 aliphatic rings. The Kier molecular flexibility index (Phi) is 6.79. The first kappa shape index (κ1) is 23.3. The van der Waals surface area contributed by atoms with Crippen molar-refractivity contribution in [3.05, 3.63) is 99.7 Å². The van der Waals surface area contributed by atoms with Crippen LogP contribution in [0.15, 0.2) is 71.6 Å². The van der Waals surface area contributed by atoms with Crippen LogP contribution < -0.4 is 9.47 Å². The first-order chi connectivity index (χ1) is 16.4. The highest BCUT2D eigenvalue weighted by Crippen LogP contribution is 2.35. The minimum Gasteiger partial charge on any atom is -0.493 e. The Bertz CT molecular complexity index is 1320. The molecule has 8 heteroatoms. The second kappa shape index (κ2) is 9.93. The Morgan fingerprint density at radius 2 is 1.82 bits per heavy atom. The van der Waals surface area contributed by atoms with Crippen LogP contribution >= 0.6 is 11.8 Å². The summed E-state index contributed by atoms with van der Waals surface area (Å²) in [7, 11) is 1.44.